The zero-order valence-electron chi connectivity index (χ0n) is 15.1. The molecular formula is C22H16F3NO2S. The average molecular weight is 415 g/mol. The van der Waals surface area contributed by atoms with Gasteiger partial charge in [0, 0.05) is 17.1 Å². The van der Waals surface area contributed by atoms with Gasteiger partial charge >= 0.3 is 6.18 Å². The normalized spacial score (nSPS) is 13.9. The highest BCUT2D eigenvalue weighted by molar-refractivity contribution is 7.09. The molecule has 4 aromatic rings. The summed E-state index contributed by atoms with van der Waals surface area (Å²) in [6.45, 7) is 0.190. The van der Waals surface area contributed by atoms with Crippen molar-refractivity contribution in [3.8, 4) is 5.75 Å². The summed E-state index contributed by atoms with van der Waals surface area (Å²) in [7, 11) is 0. The van der Waals surface area contributed by atoms with Gasteiger partial charge in [-0.3, -0.25) is 0 Å². The number of hydrogen-bond acceptors (Lipinski definition) is 4. The lowest BCUT2D eigenvalue weighted by atomic mass is 9.93. The predicted octanol–water partition coefficient (Wildman–Crippen LogP) is 5.67. The molecular weight excluding hydrogens is 399 g/mol. The average Bonchev–Trinajstić information content (AvgIpc) is 3.26. The van der Waals surface area contributed by atoms with Crippen molar-refractivity contribution < 1.29 is 23.0 Å². The summed E-state index contributed by atoms with van der Waals surface area (Å²) in [5.74, 6) is 0.231. The Morgan fingerprint density at radius 2 is 1.72 bits per heavy atom. The van der Waals surface area contributed by atoms with Crippen LogP contribution in [0, 0.1) is 0 Å². The third-order valence-electron chi connectivity index (χ3n) is 4.62. The topological polar surface area (TPSA) is 42.4 Å². The van der Waals surface area contributed by atoms with Crippen molar-refractivity contribution >= 4 is 22.1 Å². The van der Waals surface area contributed by atoms with E-state index in [1.54, 1.807) is 6.07 Å². The molecule has 0 aliphatic heterocycles. The van der Waals surface area contributed by atoms with Gasteiger partial charge in [-0.2, -0.15) is 13.2 Å². The number of alkyl halides is 3. The van der Waals surface area contributed by atoms with Crippen LogP contribution in [0.25, 0.3) is 10.8 Å². The number of thiazole rings is 1. The van der Waals surface area contributed by atoms with Crippen LogP contribution in [-0.4, -0.2) is 16.3 Å². The molecule has 4 rings (SSSR count). The maximum absolute atomic E-state index is 13.8. The molecule has 1 aromatic heterocycles. The Hall–Kier alpha value is -2.90. The molecule has 0 saturated heterocycles. The van der Waals surface area contributed by atoms with Crippen molar-refractivity contribution in [2.75, 3.05) is 0 Å². The van der Waals surface area contributed by atoms with E-state index in [0.29, 0.717) is 0 Å². The Balaban J connectivity index is 1.61. The van der Waals surface area contributed by atoms with E-state index in [2.05, 4.69) is 4.98 Å². The van der Waals surface area contributed by atoms with Gasteiger partial charge in [-0.25, -0.2) is 4.98 Å². The van der Waals surface area contributed by atoms with Crippen molar-refractivity contribution in [3.05, 3.63) is 94.4 Å². The summed E-state index contributed by atoms with van der Waals surface area (Å²) in [5, 5.41) is 13.7. The second-order valence-corrected chi connectivity index (χ2v) is 7.44. The fourth-order valence-electron chi connectivity index (χ4n) is 3.12. The number of aliphatic hydroxyl groups is 1. The number of nitrogens with zero attached hydrogens (tertiary/aromatic N) is 1. The molecule has 3 nitrogen and oxygen atoms in total. The fourth-order valence-corrected chi connectivity index (χ4v) is 3.89. The van der Waals surface area contributed by atoms with Gasteiger partial charge in [0.25, 0.3) is 0 Å². The van der Waals surface area contributed by atoms with Crippen molar-refractivity contribution in [3.63, 3.8) is 0 Å². The van der Waals surface area contributed by atoms with Crippen LogP contribution in [0.4, 0.5) is 13.2 Å². The molecule has 0 amide bonds. The minimum atomic E-state index is -4.93. The van der Waals surface area contributed by atoms with E-state index in [4.69, 9.17) is 4.74 Å². The Bertz CT molecular complexity index is 1130. The number of benzene rings is 3. The highest BCUT2D eigenvalue weighted by atomic mass is 32.1. The molecule has 7 heteroatoms. The summed E-state index contributed by atoms with van der Waals surface area (Å²) in [5.41, 5.74) is -2.64. The molecule has 1 atom stereocenters. The quantitative estimate of drug-likeness (QED) is 0.456. The molecule has 0 saturated carbocycles. The van der Waals surface area contributed by atoms with E-state index in [-0.39, 0.29) is 17.9 Å². The molecule has 0 spiro atoms. The summed E-state index contributed by atoms with van der Waals surface area (Å²) in [4.78, 5) is 3.69. The first-order chi connectivity index (χ1) is 13.9. The predicted molar refractivity (Wildman–Crippen MR) is 106 cm³/mol. The van der Waals surface area contributed by atoms with Crippen LogP contribution in [0.2, 0.25) is 0 Å². The van der Waals surface area contributed by atoms with Crippen LogP contribution in [0.1, 0.15) is 16.1 Å². The summed E-state index contributed by atoms with van der Waals surface area (Å²) in [6.07, 6.45) is -3.70. The molecule has 148 valence electrons. The number of aromatic nitrogens is 1. The molecule has 3 aromatic carbocycles. The maximum atomic E-state index is 13.8. The van der Waals surface area contributed by atoms with Gasteiger partial charge in [-0.05, 0) is 34.5 Å². The van der Waals surface area contributed by atoms with Crippen LogP contribution in [0.15, 0.2) is 78.3 Å². The van der Waals surface area contributed by atoms with Gasteiger partial charge in [0.1, 0.15) is 17.4 Å². The van der Waals surface area contributed by atoms with E-state index in [1.807, 2.05) is 42.5 Å². The SMILES string of the molecule is OC(c1cccc(OCc2ccc3ccccc3c2)c1)(c1nccs1)C(F)(F)F. The minimum Gasteiger partial charge on any atom is -0.489 e. The van der Waals surface area contributed by atoms with Crippen molar-refractivity contribution in [2.45, 2.75) is 18.4 Å². The van der Waals surface area contributed by atoms with Crippen LogP contribution >= 0.6 is 11.3 Å². The summed E-state index contributed by atoms with van der Waals surface area (Å²) in [6, 6.07) is 19.1. The highest BCUT2D eigenvalue weighted by Gasteiger charge is 2.58. The third-order valence-corrected chi connectivity index (χ3v) is 5.51. The zero-order valence-corrected chi connectivity index (χ0v) is 15.9. The zero-order chi connectivity index (χ0) is 20.5. The van der Waals surface area contributed by atoms with Gasteiger partial charge < -0.3 is 9.84 Å². The minimum absolute atomic E-state index is 0.190. The number of halogens is 3. The molecule has 1 heterocycles. The second kappa shape index (κ2) is 7.50. The maximum Gasteiger partial charge on any atom is 0.428 e. The summed E-state index contributed by atoms with van der Waals surface area (Å²) >= 11 is 0.747. The van der Waals surface area contributed by atoms with Gasteiger partial charge in [-0.1, -0.05) is 48.5 Å². The van der Waals surface area contributed by atoms with Crippen molar-refractivity contribution in [2.24, 2.45) is 0 Å². The number of hydrogen-bond donors (Lipinski definition) is 1. The molecule has 0 aliphatic rings. The van der Waals surface area contributed by atoms with E-state index in [9.17, 15) is 18.3 Å². The molecule has 0 bridgehead atoms. The first-order valence-electron chi connectivity index (χ1n) is 8.78. The highest BCUT2D eigenvalue weighted by Crippen LogP contribution is 2.45. The van der Waals surface area contributed by atoms with Gasteiger partial charge in [0.2, 0.25) is 5.60 Å². The molecule has 0 radical (unpaired) electrons. The first-order valence-corrected chi connectivity index (χ1v) is 9.66. The van der Waals surface area contributed by atoms with Crippen molar-refractivity contribution in [1.29, 1.82) is 0 Å². The van der Waals surface area contributed by atoms with Gasteiger partial charge in [0.05, 0.1) is 0 Å². The van der Waals surface area contributed by atoms with Crippen LogP contribution in [0.3, 0.4) is 0 Å². The molecule has 1 N–H and O–H groups in total. The fraction of sp³-hybridized carbons (Fsp3) is 0.136. The second-order valence-electron chi connectivity index (χ2n) is 6.54. The van der Waals surface area contributed by atoms with Crippen molar-refractivity contribution in [1.82, 2.24) is 4.98 Å². The smallest absolute Gasteiger partial charge is 0.428 e. The number of fused-ring (bicyclic) bond motifs is 1. The molecule has 0 fully saturated rings. The number of ether oxygens (including phenoxy) is 1. The summed E-state index contributed by atoms with van der Waals surface area (Å²) < 4.78 is 47.0. The Kier molecular flexibility index (Phi) is 5.02. The Labute approximate surface area is 169 Å². The monoisotopic (exact) mass is 415 g/mol. The Morgan fingerprint density at radius 3 is 2.45 bits per heavy atom. The van der Waals surface area contributed by atoms with Crippen LogP contribution in [-0.2, 0) is 12.2 Å². The Morgan fingerprint density at radius 1 is 0.931 bits per heavy atom. The van der Waals surface area contributed by atoms with E-state index in [0.717, 1.165) is 27.7 Å². The molecule has 1 unspecified atom stereocenters. The largest absolute Gasteiger partial charge is 0.489 e. The van der Waals surface area contributed by atoms with Gasteiger partial charge in [0.15, 0.2) is 0 Å². The lowest BCUT2D eigenvalue weighted by Crippen LogP contribution is -2.43. The van der Waals surface area contributed by atoms with Gasteiger partial charge in [-0.15, -0.1) is 11.3 Å². The molecule has 0 aliphatic carbocycles. The van der Waals surface area contributed by atoms with E-state index in [1.165, 1.54) is 29.8 Å². The third kappa shape index (κ3) is 3.71. The van der Waals surface area contributed by atoms with E-state index >= 15 is 0 Å². The number of rotatable bonds is 5. The van der Waals surface area contributed by atoms with E-state index < -0.39 is 16.8 Å². The van der Waals surface area contributed by atoms with Crippen LogP contribution < -0.4 is 4.74 Å². The molecule has 29 heavy (non-hydrogen) atoms. The first kappa shape index (κ1) is 19.4. The van der Waals surface area contributed by atoms with Crippen LogP contribution in [0.5, 0.6) is 5.75 Å². The lowest BCUT2D eigenvalue weighted by molar-refractivity contribution is -0.248. The standard InChI is InChI=1S/C22H16F3NO2S/c23-22(24,25)21(27,20-26-10-11-29-20)18-6-3-7-19(13-18)28-14-15-8-9-16-4-1-2-5-17(16)12-15/h1-13,27H,14H2. The lowest BCUT2D eigenvalue weighted by Gasteiger charge is -2.29.